The summed E-state index contributed by atoms with van der Waals surface area (Å²) in [5.74, 6) is -0.0116. The molecule has 0 saturated carbocycles. The van der Waals surface area contributed by atoms with Crippen molar-refractivity contribution in [3.05, 3.63) is 12.3 Å². The van der Waals surface area contributed by atoms with Crippen LogP contribution >= 0.6 is 0 Å². The summed E-state index contributed by atoms with van der Waals surface area (Å²) in [6.07, 6.45) is 0. The quantitative estimate of drug-likeness (QED) is 0.570. The molecule has 0 aromatic heterocycles. The number of hydrogen-bond donors (Lipinski definition) is 1. The molecule has 0 aromatic carbocycles. The highest BCUT2D eigenvalue weighted by Gasteiger charge is 1.91. The van der Waals surface area contributed by atoms with Crippen LogP contribution < -0.4 is 5.32 Å². The highest BCUT2D eigenvalue weighted by molar-refractivity contribution is 5.91. The topological polar surface area (TPSA) is 29.1 Å². The Bertz CT molecular complexity index is 97.1. The fourth-order valence-electron chi connectivity index (χ4n) is 0.176. The minimum absolute atomic E-state index is 0.0116. The van der Waals surface area contributed by atoms with Crippen LogP contribution in [0.4, 0.5) is 0 Å². The Hall–Kier alpha value is -0.790. The van der Waals surface area contributed by atoms with Gasteiger partial charge in [-0.3, -0.25) is 4.79 Å². The molecule has 0 spiro atoms. The van der Waals surface area contributed by atoms with Crippen LogP contribution in [-0.4, -0.2) is 12.8 Å². The van der Waals surface area contributed by atoms with E-state index in [1.165, 1.54) is 6.92 Å². The smallest absolute Gasteiger partial charge is 0.174 e. The van der Waals surface area contributed by atoms with Crippen LogP contribution in [0.1, 0.15) is 20.8 Å². The number of carbonyl (C=O) groups is 1. The van der Waals surface area contributed by atoms with Crippen molar-refractivity contribution in [2.24, 2.45) is 0 Å². The molecule has 0 amide bonds. The number of rotatable bonds is 2. The Morgan fingerprint density at radius 2 is 1.78 bits per heavy atom. The van der Waals surface area contributed by atoms with Gasteiger partial charge in [0.05, 0.1) is 5.70 Å². The van der Waals surface area contributed by atoms with Crippen molar-refractivity contribution in [3.8, 4) is 0 Å². The Balaban J connectivity index is 0. The van der Waals surface area contributed by atoms with Gasteiger partial charge < -0.3 is 5.32 Å². The van der Waals surface area contributed by atoms with Crippen molar-refractivity contribution in [2.45, 2.75) is 20.8 Å². The lowest BCUT2D eigenvalue weighted by atomic mass is 10.4. The maximum Gasteiger partial charge on any atom is 0.174 e. The van der Waals surface area contributed by atoms with Gasteiger partial charge in [-0.1, -0.05) is 20.4 Å². The number of nitrogens with one attached hydrogen (secondary N) is 1. The van der Waals surface area contributed by atoms with Crippen molar-refractivity contribution in [1.29, 1.82) is 0 Å². The fraction of sp³-hybridized carbons (Fsp3) is 0.571. The van der Waals surface area contributed by atoms with Crippen LogP contribution in [0.3, 0.4) is 0 Å². The van der Waals surface area contributed by atoms with Gasteiger partial charge in [-0.05, 0) is 0 Å². The lowest BCUT2D eigenvalue weighted by Crippen LogP contribution is -2.10. The predicted octanol–water partition coefficient (Wildman–Crippen LogP) is 1.33. The monoisotopic (exact) mass is 129 g/mol. The zero-order chi connectivity index (χ0) is 7.86. The number of carbonyl (C=O) groups excluding carboxylic acids is 1. The summed E-state index contributed by atoms with van der Waals surface area (Å²) in [6.45, 7) is 8.88. The summed E-state index contributed by atoms with van der Waals surface area (Å²) in [4.78, 5) is 10.2. The van der Waals surface area contributed by atoms with E-state index in [1.807, 2.05) is 13.8 Å². The summed E-state index contributed by atoms with van der Waals surface area (Å²) < 4.78 is 0. The first-order valence-corrected chi connectivity index (χ1v) is 3.06. The molecule has 0 aliphatic rings. The molecule has 2 nitrogen and oxygen atoms in total. The van der Waals surface area contributed by atoms with Gasteiger partial charge in [-0.2, -0.15) is 0 Å². The third-order valence-electron chi connectivity index (χ3n) is 0.727. The van der Waals surface area contributed by atoms with E-state index in [0.29, 0.717) is 5.70 Å². The van der Waals surface area contributed by atoms with Gasteiger partial charge in [0.25, 0.3) is 0 Å². The van der Waals surface area contributed by atoms with Crippen LogP contribution in [-0.2, 0) is 4.79 Å². The third-order valence-corrected chi connectivity index (χ3v) is 0.727. The highest BCUT2D eigenvalue weighted by Crippen LogP contribution is 1.79. The van der Waals surface area contributed by atoms with Crippen molar-refractivity contribution in [2.75, 3.05) is 7.05 Å². The van der Waals surface area contributed by atoms with Crippen LogP contribution in [0.15, 0.2) is 12.3 Å². The zero-order valence-corrected chi connectivity index (χ0v) is 6.62. The van der Waals surface area contributed by atoms with Gasteiger partial charge in [-0.15, -0.1) is 0 Å². The molecule has 0 fully saturated rings. The molecule has 0 heterocycles. The number of Topliss-reactive ketones (excluding diaryl/α,β-unsaturated/α-hetero) is 1. The fourth-order valence-corrected chi connectivity index (χ4v) is 0.176. The van der Waals surface area contributed by atoms with E-state index >= 15 is 0 Å². The number of likely N-dealkylation sites (N-methyl/N-ethyl adjacent to an activating group) is 1. The second kappa shape index (κ2) is 7.21. The Morgan fingerprint density at radius 1 is 1.44 bits per heavy atom. The molecule has 2 heteroatoms. The minimum Gasteiger partial charge on any atom is -0.386 e. The normalized spacial score (nSPS) is 6.67. The zero-order valence-electron chi connectivity index (χ0n) is 6.62. The average Bonchev–Trinajstić information content (AvgIpc) is 1.91. The molecule has 0 atom stereocenters. The number of ketones is 1. The largest absolute Gasteiger partial charge is 0.386 e. The van der Waals surface area contributed by atoms with E-state index in [0.717, 1.165) is 0 Å². The molecular formula is C7H15NO. The molecule has 0 aliphatic carbocycles. The summed E-state index contributed by atoms with van der Waals surface area (Å²) in [5.41, 5.74) is 0.458. The van der Waals surface area contributed by atoms with E-state index < -0.39 is 0 Å². The Morgan fingerprint density at radius 3 is 1.78 bits per heavy atom. The van der Waals surface area contributed by atoms with E-state index in [-0.39, 0.29) is 5.78 Å². The summed E-state index contributed by atoms with van der Waals surface area (Å²) >= 11 is 0. The highest BCUT2D eigenvalue weighted by atomic mass is 16.1. The summed E-state index contributed by atoms with van der Waals surface area (Å²) in [5, 5.41) is 2.62. The van der Waals surface area contributed by atoms with Gasteiger partial charge in [0.2, 0.25) is 0 Å². The lowest BCUT2D eigenvalue weighted by molar-refractivity contribution is -0.113. The first-order chi connectivity index (χ1) is 4.18. The van der Waals surface area contributed by atoms with Crippen LogP contribution in [0.25, 0.3) is 0 Å². The molecule has 1 N–H and O–H groups in total. The maximum absolute atomic E-state index is 10.2. The van der Waals surface area contributed by atoms with E-state index in [2.05, 4.69) is 11.9 Å². The molecule has 0 saturated heterocycles. The van der Waals surface area contributed by atoms with Crippen LogP contribution in [0, 0.1) is 0 Å². The van der Waals surface area contributed by atoms with Gasteiger partial charge in [0, 0.05) is 14.0 Å². The lowest BCUT2D eigenvalue weighted by Gasteiger charge is -1.94. The third kappa shape index (κ3) is 7.21. The second-order valence-corrected chi connectivity index (χ2v) is 1.28. The molecule has 0 bridgehead atoms. The second-order valence-electron chi connectivity index (χ2n) is 1.28. The Kier molecular flexibility index (Phi) is 8.87. The van der Waals surface area contributed by atoms with Gasteiger partial charge in [-0.25, -0.2) is 0 Å². The van der Waals surface area contributed by atoms with E-state index in [9.17, 15) is 4.79 Å². The van der Waals surface area contributed by atoms with Crippen molar-refractivity contribution in [3.63, 3.8) is 0 Å². The predicted molar refractivity (Wildman–Crippen MR) is 40.2 cm³/mol. The SMILES string of the molecule is C=C(NC)C(C)=O.CC. The molecular weight excluding hydrogens is 114 g/mol. The molecule has 0 aromatic rings. The first-order valence-electron chi connectivity index (χ1n) is 3.06. The van der Waals surface area contributed by atoms with Crippen molar-refractivity contribution >= 4 is 5.78 Å². The molecule has 0 unspecified atom stereocenters. The maximum atomic E-state index is 10.2. The van der Waals surface area contributed by atoms with Gasteiger partial charge in [0.1, 0.15) is 0 Å². The molecule has 0 aliphatic heterocycles. The van der Waals surface area contributed by atoms with Crippen LogP contribution in [0.5, 0.6) is 0 Å². The number of allylic oxidation sites excluding steroid dienone is 1. The van der Waals surface area contributed by atoms with Crippen molar-refractivity contribution in [1.82, 2.24) is 5.32 Å². The van der Waals surface area contributed by atoms with E-state index in [1.54, 1.807) is 7.05 Å². The van der Waals surface area contributed by atoms with Crippen molar-refractivity contribution < 1.29 is 4.79 Å². The molecule has 9 heavy (non-hydrogen) atoms. The van der Waals surface area contributed by atoms with Crippen LogP contribution in [0.2, 0.25) is 0 Å². The molecule has 0 radical (unpaired) electrons. The van der Waals surface area contributed by atoms with Gasteiger partial charge in [0.15, 0.2) is 5.78 Å². The standard InChI is InChI=1S/C5H9NO.C2H6/c1-4(6-3)5(2)7;1-2/h6H,1H2,2-3H3;1-2H3. The van der Waals surface area contributed by atoms with Gasteiger partial charge >= 0.3 is 0 Å². The summed E-state index contributed by atoms with van der Waals surface area (Å²) in [6, 6.07) is 0. The van der Waals surface area contributed by atoms with E-state index in [4.69, 9.17) is 0 Å². The first kappa shape index (κ1) is 11.1. The average molecular weight is 129 g/mol. The molecule has 0 rings (SSSR count). The molecule has 54 valence electrons. The summed E-state index contributed by atoms with van der Waals surface area (Å²) in [7, 11) is 1.67. The Labute approximate surface area is 57.0 Å². The number of hydrogen-bond acceptors (Lipinski definition) is 2. The minimum atomic E-state index is -0.0116.